The Balaban J connectivity index is -0.000000180. The van der Waals surface area contributed by atoms with Crippen LogP contribution in [0.3, 0.4) is 0 Å². The predicted molar refractivity (Wildman–Crippen MR) is 36.0 cm³/mol. The minimum absolute atomic E-state index is 0. The van der Waals surface area contributed by atoms with Gasteiger partial charge in [0, 0.05) is 176 Å². The first-order valence-corrected chi connectivity index (χ1v) is 3.56. The van der Waals surface area contributed by atoms with Crippen LogP contribution in [0.2, 0.25) is 0 Å². The summed E-state index contributed by atoms with van der Waals surface area (Å²) in [5.41, 5.74) is 0. The average Bonchev–Trinajstić information content (AvgIpc) is 2.08. The third kappa shape index (κ3) is 8.85. The van der Waals surface area contributed by atoms with Crippen molar-refractivity contribution in [2.24, 2.45) is 0 Å². The fourth-order valence-corrected chi connectivity index (χ4v) is 1.08. The van der Waals surface area contributed by atoms with Crippen molar-refractivity contribution in [2.45, 2.75) is 30.7 Å². The zero-order chi connectivity index (χ0) is 9.30. The van der Waals surface area contributed by atoms with E-state index in [2.05, 4.69) is 4.74 Å². The molecule has 0 aromatic rings. The number of aliphatic hydroxyl groups is 5. The molecule has 10 heteroatoms. The Hall–Kier alpha value is 5.53. The molecule has 0 amide bonds. The summed E-state index contributed by atoms with van der Waals surface area (Å²) in [5, 5.41) is 44.7. The largest absolute Gasteiger partial charge is 0.394 e. The Morgan fingerprint density at radius 1 is 0.750 bits per heavy atom. The molecule has 0 aromatic carbocycles. The van der Waals surface area contributed by atoms with Gasteiger partial charge in [0.25, 0.3) is 0 Å². The van der Waals surface area contributed by atoms with E-state index in [-0.39, 0.29) is 176 Å². The molecule has 1 aliphatic rings. The smallest absolute Gasteiger partial charge is 0.184 e. The zero-order valence-electron chi connectivity index (χ0n) is 8.55. The summed E-state index contributed by atoms with van der Waals surface area (Å²) in [6, 6.07) is 0. The summed E-state index contributed by atoms with van der Waals surface area (Å²) < 4.78 is 4.58. The summed E-state index contributed by atoms with van der Waals surface area (Å²) >= 11 is 0. The molecule has 1 fully saturated rings. The quantitative estimate of drug-likeness (QED) is 0.190. The number of aliphatic hydroxyl groups excluding tert-OH is 5. The maximum absolute atomic E-state index is 9.12. The molecule has 0 aliphatic carbocycles. The molecule has 0 spiro atoms. The Kier molecular flexibility index (Phi) is 28.5. The first-order chi connectivity index (χ1) is 5.57. The minimum atomic E-state index is -1.57. The van der Waals surface area contributed by atoms with Crippen molar-refractivity contribution in [1.82, 2.24) is 0 Å². The van der Waals surface area contributed by atoms with Crippen LogP contribution >= 0.6 is 0 Å². The van der Waals surface area contributed by atoms with Crippen molar-refractivity contribution in [3.8, 4) is 0 Å². The molecule has 0 saturated carbocycles. The maximum Gasteiger partial charge on any atom is 0.184 e. The first-order valence-electron chi connectivity index (χ1n) is 3.56. The van der Waals surface area contributed by atoms with E-state index < -0.39 is 37.3 Å². The van der Waals surface area contributed by atoms with Crippen molar-refractivity contribution < 1.29 is 207 Å². The molecular weight excluding hydrogens is 1080 g/mol. The van der Waals surface area contributed by atoms with Gasteiger partial charge in [-0.05, 0) is 0 Å². The number of ether oxygens (including phenoxy) is 1. The van der Waals surface area contributed by atoms with Crippen LogP contribution in [0, 0.1) is 176 Å². The zero-order valence-corrected chi connectivity index (χ0v) is 27.5. The van der Waals surface area contributed by atoms with Crippen molar-refractivity contribution >= 4 is 0 Å². The van der Waals surface area contributed by atoms with E-state index >= 15 is 0 Å². The molecule has 5 N–H and O–H groups in total. The van der Waals surface area contributed by atoms with Gasteiger partial charge in [-0.2, -0.15) is 0 Å². The van der Waals surface area contributed by atoms with Gasteiger partial charge in [-0.25, -0.2) is 0 Å². The third-order valence-electron chi connectivity index (χ3n) is 1.87. The molecule has 16 heavy (non-hydrogen) atoms. The van der Waals surface area contributed by atoms with E-state index in [4.69, 9.17) is 25.5 Å². The molecule has 84 valence electrons. The maximum atomic E-state index is 9.12. The monoisotopic (exact) mass is 1090 g/mol. The molecule has 1 saturated heterocycles. The molecule has 1 heterocycles. The Bertz CT molecular complexity index is 159. The van der Waals surface area contributed by atoms with Gasteiger partial charge >= 0.3 is 0 Å². The van der Waals surface area contributed by atoms with Gasteiger partial charge in [0.1, 0.15) is 24.4 Å². The van der Waals surface area contributed by atoms with E-state index in [1.807, 2.05) is 0 Å². The van der Waals surface area contributed by atoms with E-state index in [0.29, 0.717) is 0 Å². The minimum Gasteiger partial charge on any atom is -0.394 e. The van der Waals surface area contributed by atoms with Crippen LogP contribution in [0.25, 0.3) is 0 Å². The predicted octanol–water partition coefficient (Wildman–Crippen LogP) is -3.22. The third-order valence-corrected chi connectivity index (χ3v) is 1.87. The normalized spacial score (nSPS) is 36.9. The van der Waals surface area contributed by atoms with Gasteiger partial charge in [0.15, 0.2) is 6.29 Å². The van der Waals surface area contributed by atoms with Crippen LogP contribution in [0.5, 0.6) is 0 Å². The van der Waals surface area contributed by atoms with Gasteiger partial charge in [0.2, 0.25) is 0 Å². The van der Waals surface area contributed by atoms with E-state index in [9.17, 15) is 0 Å². The van der Waals surface area contributed by atoms with Crippen LogP contribution in [0.15, 0.2) is 0 Å². The van der Waals surface area contributed by atoms with Crippen molar-refractivity contribution in [3.05, 3.63) is 0 Å². The van der Waals surface area contributed by atoms with Crippen LogP contribution < -0.4 is 0 Å². The van der Waals surface area contributed by atoms with Gasteiger partial charge in [-0.1, -0.05) is 0 Å². The van der Waals surface area contributed by atoms with Crippen LogP contribution in [-0.4, -0.2) is 62.8 Å². The summed E-state index contributed by atoms with van der Waals surface area (Å²) in [5.74, 6) is 0. The topological polar surface area (TPSA) is 110 Å². The second-order valence-corrected chi connectivity index (χ2v) is 2.72. The second kappa shape index (κ2) is 15.4. The van der Waals surface area contributed by atoms with Crippen LogP contribution in [0.4, 0.5) is 0 Å². The summed E-state index contributed by atoms with van der Waals surface area (Å²) in [7, 11) is 0. The van der Waals surface area contributed by atoms with Gasteiger partial charge in [0.05, 0.1) is 6.61 Å². The molecular formula is C6H12Ac4O6. The van der Waals surface area contributed by atoms with Crippen LogP contribution in [0.1, 0.15) is 0 Å². The van der Waals surface area contributed by atoms with E-state index in [1.165, 1.54) is 0 Å². The van der Waals surface area contributed by atoms with Crippen molar-refractivity contribution in [3.63, 3.8) is 0 Å². The molecule has 1 rings (SSSR count). The second-order valence-electron chi connectivity index (χ2n) is 2.72. The van der Waals surface area contributed by atoms with E-state index in [1.54, 1.807) is 0 Å². The summed E-state index contributed by atoms with van der Waals surface area (Å²) in [6.07, 6.45) is -7.04. The molecule has 5 unspecified atom stereocenters. The van der Waals surface area contributed by atoms with Gasteiger partial charge < -0.3 is 30.3 Å². The first kappa shape index (κ1) is 29.5. The van der Waals surface area contributed by atoms with Crippen LogP contribution in [-0.2, 0) is 4.74 Å². The summed E-state index contributed by atoms with van der Waals surface area (Å²) in [6.45, 7) is -0.526. The Morgan fingerprint density at radius 3 is 1.56 bits per heavy atom. The number of hydrogen-bond acceptors (Lipinski definition) is 6. The van der Waals surface area contributed by atoms with Gasteiger partial charge in [-0.3, -0.25) is 0 Å². The molecule has 0 bridgehead atoms. The Labute approximate surface area is 237 Å². The van der Waals surface area contributed by atoms with Gasteiger partial charge in [-0.15, -0.1) is 0 Å². The molecule has 1 aliphatic heterocycles. The SMILES string of the molecule is OCC1OC(O)C(O)C(O)C1O.[Ac].[Ac].[Ac].[Ac]. The van der Waals surface area contributed by atoms with Crippen molar-refractivity contribution in [1.29, 1.82) is 0 Å². The fourth-order valence-electron chi connectivity index (χ4n) is 1.08. The van der Waals surface area contributed by atoms with Crippen molar-refractivity contribution in [2.75, 3.05) is 6.61 Å². The standard InChI is InChI=1S/C6H12O6.4Ac/c7-1-2-3(8)4(9)5(10)6(11)12-2;;;;/h2-11H,1H2;;;;. The average molecular weight is 1090 g/mol. The molecule has 5 atom stereocenters. The molecule has 4 radical (unpaired) electrons. The van der Waals surface area contributed by atoms with E-state index in [0.717, 1.165) is 0 Å². The Morgan fingerprint density at radius 2 is 1.19 bits per heavy atom. The molecule has 0 aromatic heterocycles. The number of hydrogen-bond donors (Lipinski definition) is 5. The number of rotatable bonds is 1. The summed E-state index contributed by atoms with van der Waals surface area (Å²) in [4.78, 5) is 0. The fraction of sp³-hybridized carbons (Fsp3) is 1.00. The molecule has 6 nitrogen and oxygen atoms in total.